The molecule has 0 radical (unpaired) electrons. The van der Waals surface area contributed by atoms with Gasteiger partial charge in [0, 0.05) is 18.2 Å². The molecule has 4 nitrogen and oxygen atoms in total. The summed E-state index contributed by atoms with van der Waals surface area (Å²) >= 11 is 3.16. The summed E-state index contributed by atoms with van der Waals surface area (Å²) in [5.41, 5.74) is 6.28. The van der Waals surface area contributed by atoms with Gasteiger partial charge < -0.3 is 15.4 Å². The second kappa shape index (κ2) is 5.24. The number of nitrogens with zero attached hydrogens (tertiary/aromatic N) is 1. The fourth-order valence-electron chi connectivity index (χ4n) is 2.05. The number of benzene rings is 1. The SMILES string of the molecule is CC1COCCN1c1ccc(C(=N)N)c(Br)c1F. The topological polar surface area (TPSA) is 62.3 Å². The van der Waals surface area contributed by atoms with Gasteiger partial charge in [0.2, 0.25) is 0 Å². The van der Waals surface area contributed by atoms with Gasteiger partial charge in [0.1, 0.15) is 5.84 Å². The molecular formula is C12H15BrFN3O. The number of ether oxygens (including phenoxy) is 1. The van der Waals surface area contributed by atoms with E-state index in [1.54, 1.807) is 12.1 Å². The zero-order valence-electron chi connectivity index (χ0n) is 10.0. The van der Waals surface area contributed by atoms with Crippen LogP contribution in [0.1, 0.15) is 12.5 Å². The highest BCUT2D eigenvalue weighted by Crippen LogP contribution is 2.31. The molecule has 18 heavy (non-hydrogen) atoms. The molecule has 1 heterocycles. The first kappa shape index (κ1) is 13.3. The third kappa shape index (κ3) is 2.35. The first-order valence-electron chi connectivity index (χ1n) is 5.69. The molecule has 1 saturated heterocycles. The van der Waals surface area contributed by atoms with Crippen LogP contribution in [0.5, 0.6) is 0 Å². The number of anilines is 1. The number of rotatable bonds is 2. The Balaban J connectivity index is 2.40. The van der Waals surface area contributed by atoms with Gasteiger partial charge in [-0.2, -0.15) is 0 Å². The molecule has 0 amide bonds. The maximum absolute atomic E-state index is 14.3. The Morgan fingerprint density at radius 3 is 2.94 bits per heavy atom. The molecule has 6 heteroatoms. The van der Waals surface area contributed by atoms with Gasteiger partial charge in [-0.25, -0.2) is 4.39 Å². The molecule has 1 aliphatic heterocycles. The third-order valence-corrected chi connectivity index (χ3v) is 3.80. The number of hydrogen-bond acceptors (Lipinski definition) is 3. The van der Waals surface area contributed by atoms with Gasteiger partial charge in [0.15, 0.2) is 5.82 Å². The van der Waals surface area contributed by atoms with Gasteiger partial charge in [0.25, 0.3) is 0 Å². The van der Waals surface area contributed by atoms with E-state index in [9.17, 15) is 4.39 Å². The number of halogens is 2. The van der Waals surface area contributed by atoms with Crippen molar-refractivity contribution in [2.75, 3.05) is 24.7 Å². The van der Waals surface area contributed by atoms with E-state index in [1.807, 2.05) is 11.8 Å². The van der Waals surface area contributed by atoms with Crippen LogP contribution in [-0.2, 0) is 4.74 Å². The number of nitrogens with two attached hydrogens (primary N) is 1. The predicted octanol–water partition coefficient (Wildman–Crippen LogP) is 2.10. The van der Waals surface area contributed by atoms with E-state index in [2.05, 4.69) is 15.9 Å². The lowest BCUT2D eigenvalue weighted by atomic mass is 10.1. The molecule has 1 aliphatic rings. The van der Waals surface area contributed by atoms with E-state index in [0.29, 0.717) is 31.0 Å². The Morgan fingerprint density at radius 1 is 1.61 bits per heavy atom. The maximum Gasteiger partial charge on any atom is 0.161 e. The van der Waals surface area contributed by atoms with E-state index in [-0.39, 0.29) is 22.2 Å². The third-order valence-electron chi connectivity index (χ3n) is 3.03. The van der Waals surface area contributed by atoms with Crippen molar-refractivity contribution < 1.29 is 9.13 Å². The van der Waals surface area contributed by atoms with Crippen molar-refractivity contribution in [1.29, 1.82) is 5.41 Å². The van der Waals surface area contributed by atoms with E-state index < -0.39 is 0 Å². The molecule has 1 atom stereocenters. The van der Waals surface area contributed by atoms with Gasteiger partial charge in [-0.05, 0) is 35.0 Å². The molecule has 2 rings (SSSR count). The first-order chi connectivity index (χ1) is 8.52. The molecule has 1 aromatic rings. The average molecular weight is 316 g/mol. The molecule has 3 N–H and O–H groups in total. The van der Waals surface area contributed by atoms with Gasteiger partial charge in [-0.3, -0.25) is 5.41 Å². The number of morpholine rings is 1. The Hall–Kier alpha value is -1.14. The Labute approximate surface area is 114 Å². The second-order valence-electron chi connectivity index (χ2n) is 4.29. The van der Waals surface area contributed by atoms with Crippen molar-refractivity contribution in [3.8, 4) is 0 Å². The summed E-state index contributed by atoms with van der Waals surface area (Å²) in [6.07, 6.45) is 0. The molecule has 0 aliphatic carbocycles. The second-order valence-corrected chi connectivity index (χ2v) is 5.08. The normalized spacial score (nSPS) is 19.9. The zero-order valence-corrected chi connectivity index (χ0v) is 11.6. The summed E-state index contributed by atoms with van der Waals surface area (Å²) in [6, 6.07) is 3.45. The van der Waals surface area contributed by atoms with Crippen LogP contribution in [0.4, 0.5) is 10.1 Å². The highest BCUT2D eigenvalue weighted by molar-refractivity contribution is 9.10. The van der Waals surface area contributed by atoms with Crippen molar-refractivity contribution in [3.05, 3.63) is 28.0 Å². The van der Waals surface area contributed by atoms with Crippen LogP contribution in [0.3, 0.4) is 0 Å². The Kier molecular flexibility index (Phi) is 3.87. The van der Waals surface area contributed by atoms with Crippen LogP contribution < -0.4 is 10.6 Å². The van der Waals surface area contributed by atoms with Crippen LogP contribution in [0.2, 0.25) is 0 Å². The molecule has 1 aromatic carbocycles. The fourth-order valence-corrected chi connectivity index (χ4v) is 2.60. The van der Waals surface area contributed by atoms with Crippen molar-refractivity contribution in [2.45, 2.75) is 13.0 Å². The van der Waals surface area contributed by atoms with Gasteiger partial charge >= 0.3 is 0 Å². The summed E-state index contributed by atoms with van der Waals surface area (Å²) in [7, 11) is 0. The minimum atomic E-state index is -0.378. The predicted molar refractivity (Wildman–Crippen MR) is 72.7 cm³/mol. The fraction of sp³-hybridized carbons (Fsp3) is 0.417. The lowest BCUT2D eigenvalue weighted by Gasteiger charge is -2.35. The standard InChI is InChI=1S/C12H15BrFN3O/c1-7-6-18-5-4-17(7)9-3-2-8(12(15)16)10(13)11(9)14/h2-3,7H,4-6H2,1H3,(H3,15,16). The summed E-state index contributed by atoms with van der Waals surface area (Å²) < 4.78 is 19.9. The van der Waals surface area contributed by atoms with Gasteiger partial charge in [0.05, 0.1) is 23.4 Å². The van der Waals surface area contributed by atoms with Crippen LogP contribution in [0.15, 0.2) is 16.6 Å². The summed E-state index contributed by atoms with van der Waals surface area (Å²) in [4.78, 5) is 1.97. The van der Waals surface area contributed by atoms with Crippen molar-refractivity contribution >= 4 is 27.5 Å². The van der Waals surface area contributed by atoms with E-state index in [4.69, 9.17) is 15.9 Å². The van der Waals surface area contributed by atoms with Crippen molar-refractivity contribution in [3.63, 3.8) is 0 Å². The number of hydrogen-bond donors (Lipinski definition) is 2. The molecule has 1 fully saturated rings. The Bertz CT molecular complexity index is 481. The van der Waals surface area contributed by atoms with Crippen LogP contribution >= 0.6 is 15.9 Å². The number of nitrogen functional groups attached to an aromatic ring is 1. The molecule has 0 spiro atoms. The van der Waals surface area contributed by atoms with Crippen LogP contribution in [-0.4, -0.2) is 31.6 Å². The zero-order chi connectivity index (χ0) is 13.3. The minimum absolute atomic E-state index is 0.128. The van der Waals surface area contributed by atoms with E-state index >= 15 is 0 Å². The number of nitrogens with one attached hydrogen (secondary N) is 1. The van der Waals surface area contributed by atoms with E-state index in [1.165, 1.54) is 0 Å². The summed E-state index contributed by atoms with van der Waals surface area (Å²) in [6.45, 7) is 3.83. The summed E-state index contributed by atoms with van der Waals surface area (Å²) in [5, 5.41) is 7.37. The minimum Gasteiger partial charge on any atom is -0.384 e. The quantitative estimate of drug-likeness (QED) is 0.649. The molecule has 0 saturated carbocycles. The van der Waals surface area contributed by atoms with Gasteiger partial charge in [-0.1, -0.05) is 0 Å². The van der Waals surface area contributed by atoms with Crippen LogP contribution in [0, 0.1) is 11.2 Å². The highest BCUT2D eigenvalue weighted by Gasteiger charge is 2.24. The average Bonchev–Trinajstić information content (AvgIpc) is 2.33. The van der Waals surface area contributed by atoms with Crippen molar-refractivity contribution in [1.82, 2.24) is 0 Å². The Morgan fingerprint density at radius 2 is 2.33 bits per heavy atom. The first-order valence-corrected chi connectivity index (χ1v) is 6.48. The smallest absolute Gasteiger partial charge is 0.161 e. The monoisotopic (exact) mass is 315 g/mol. The van der Waals surface area contributed by atoms with Gasteiger partial charge in [-0.15, -0.1) is 0 Å². The molecular weight excluding hydrogens is 301 g/mol. The lowest BCUT2D eigenvalue weighted by molar-refractivity contribution is 0.0986. The van der Waals surface area contributed by atoms with Crippen molar-refractivity contribution in [2.24, 2.45) is 5.73 Å². The molecule has 0 bridgehead atoms. The highest BCUT2D eigenvalue weighted by atomic mass is 79.9. The maximum atomic E-state index is 14.3. The molecule has 1 unspecified atom stereocenters. The molecule has 0 aromatic heterocycles. The van der Waals surface area contributed by atoms with Crippen LogP contribution in [0.25, 0.3) is 0 Å². The largest absolute Gasteiger partial charge is 0.384 e. The number of amidine groups is 1. The molecule has 98 valence electrons. The lowest BCUT2D eigenvalue weighted by Crippen LogP contribution is -2.44. The van der Waals surface area contributed by atoms with E-state index in [0.717, 1.165) is 0 Å². The summed E-state index contributed by atoms with van der Waals surface area (Å²) in [5.74, 6) is -0.529.